The number of ether oxygens (including phenoxy) is 2. The van der Waals surface area contributed by atoms with Gasteiger partial charge in [0.05, 0.1) is 18.9 Å². The first-order chi connectivity index (χ1) is 17.0. The Morgan fingerprint density at radius 2 is 1.69 bits per heavy atom. The van der Waals surface area contributed by atoms with Gasteiger partial charge in [0.2, 0.25) is 5.91 Å². The molecule has 0 bridgehead atoms. The lowest BCUT2D eigenvalue weighted by atomic mass is 9.98. The summed E-state index contributed by atoms with van der Waals surface area (Å²) in [4.78, 5) is 37.8. The Morgan fingerprint density at radius 1 is 1.06 bits per heavy atom. The molecule has 35 heavy (non-hydrogen) atoms. The minimum atomic E-state index is -0.932. The minimum absolute atomic E-state index is 0.0295. The highest BCUT2D eigenvalue weighted by Gasteiger charge is 2.30. The zero-order chi connectivity index (χ0) is 24.8. The van der Waals surface area contributed by atoms with E-state index in [-0.39, 0.29) is 44.4 Å². The van der Waals surface area contributed by atoms with Gasteiger partial charge in [-0.05, 0) is 41.0 Å². The number of carbonyl (C=O) groups excluding carboxylic acids is 2. The van der Waals surface area contributed by atoms with Crippen LogP contribution < -0.4 is 5.32 Å². The summed E-state index contributed by atoms with van der Waals surface area (Å²) in [5.74, 6) is -0.677. The average Bonchev–Trinajstić information content (AvgIpc) is 3.63. The van der Waals surface area contributed by atoms with Gasteiger partial charge >= 0.3 is 12.1 Å². The van der Waals surface area contributed by atoms with Crippen LogP contribution in [0.25, 0.3) is 11.1 Å². The second kappa shape index (κ2) is 11.4. The van der Waals surface area contributed by atoms with E-state index in [9.17, 15) is 14.4 Å². The highest BCUT2D eigenvalue weighted by Crippen LogP contribution is 2.44. The summed E-state index contributed by atoms with van der Waals surface area (Å²) in [6.07, 6.45) is 0.999. The van der Waals surface area contributed by atoms with Crippen LogP contribution in [0.4, 0.5) is 4.79 Å². The molecular weight excluding hydrogens is 448 g/mol. The van der Waals surface area contributed by atoms with Crippen LogP contribution in [0.1, 0.15) is 42.7 Å². The molecule has 0 radical (unpaired) electrons. The van der Waals surface area contributed by atoms with Gasteiger partial charge < -0.3 is 24.8 Å². The Kier molecular flexibility index (Phi) is 8.02. The molecule has 1 atom stereocenters. The van der Waals surface area contributed by atoms with E-state index in [1.54, 1.807) is 4.90 Å². The smallest absolute Gasteiger partial charge is 0.407 e. The maximum atomic E-state index is 12.8. The molecule has 186 valence electrons. The van der Waals surface area contributed by atoms with E-state index in [1.165, 1.54) is 7.11 Å². The number of rotatable bonds is 12. The predicted molar refractivity (Wildman–Crippen MR) is 130 cm³/mol. The molecule has 2 amide bonds. The number of hydrogen-bond acceptors (Lipinski definition) is 5. The fourth-order valence-electron chi connectivity index (χ4n) is 4.57. The SMILES string of the molecule is COC(CNC(=O)OCC1c2ccccc2-c2ccccc21)CC(=O)N(CCC(=O)O)CC1CC1. The zero-order valence-electron chi connectivity index (χ0n) is 19.9. The maximum absolute atomic E-state index is 12.8. The van der Waals surface area contributed by atoms with Crippen molar-refractivity contribution in [1.82, 2.24) is 10.2 Å². The van der Waals surface area contributed by atoms with Crippen molar-refractivity contribution in [2.24, 2.45) is 5.92 Å². The Bertz CT molecular complexity index is 1020. The predicted octanol–water partition coefficient (Wildman–Crippen LogP) is 3.64. The van der Waals surface area contributed by atoms with Crippen molar-refractivity contribution in [2.75, 3.05) is 33.4 Å². The topological polar surface area (TPSA) is 105 Å². The van der Waals surface area contributed by atoms with Crippen LogP contribution in [0.15, 0.2) is 48.5 Å². The monoisotopic (exact) mass is 480 g/mol. The van der Waals surface area contributed by atoms with Crippen molar-refractivity contribution in [3.8, 4) is 11.1 Å². The van der Waals surface area contributed by atoms with E-state index in [0.717, 1.165) is 35.1 Å². The fraction of sp³-hybridized carbons (Fsp3) is 0.444. The molecule has 0 heterocycles. The number of carboxylic acids is 1. The molecule has 4 rings (SSSR count). The molecule has 2 aliphatic carbocycles. The molecule has 1 unspecified atom stereocenters. The van der Waals surface area contributed by atoms with Gasteiger partial charge in [-0.2, -0.15) is 0 Å². The molecule has 8 nitrogen and oxygen atoms in total. The van der Waals surface area contributed by atoms with Gasteiger partial charge in [-0.25, -0.2) is 4.79 Å². The van der Waals surface area contributed by atoms with E-state index in [1.807, 2.05) is 24.3 Å². The number of methoxy groups -OCH3 is 1. The second-order valence-corrected chi connectivity index (χ2v) is 9.20. The summed E-state index contributed by atoms with van der Waals surface area (Å²) in [5.41, 5.74) is 4.60. The lowest BCUT2D eigenvalue weighted by Crippen LogP contribution is -2.40. The quantitative estimate of drug-likeness (QED) is 0.481. The van der Waals surface area contributed by atoms with Crippen LogP contribution in [0.3, 0.4) is 0 Å². The van der Waals surface area contributed by atoms with Crippen LogP contribution >= 0.6 is 0 Å². The number of carboxylic acid groups (broad SMARTS) is 1. The minimum Gasteiger partial charge on any atom is -0.481 e. The van der Waals surface area contributed by atoms with Gasteiger partial charge in [0.25, 0.3) is 0 Å². The van der Waals surface area contributed by atoms with Crippen LogP contribution in [0.2, 0.25) is 0 Å². The number of carbonyl (C=O) groups is 3. The number of aliphatic carboxylic acids is 1. The third-order valence-electron chi connectivity index (χ3n) is 6.68. The molecule has 2 N–H and O–H groups in total. The van der Waals surface area contributed by atoms with Crippen molar-refractivity contribution in [1.29, 1.82) is 0 Å². The van der Waals surface area contributed by atoms with E-state index in [0.29, 0.717) is 12.5 Å². The number of nitrogens with zero attached hydrogens (tertiary/aromatic N) is 1. The first-order valence-electron chi connectivity index (χ1n) is 12.1. The first kappa shape index (κ1) is 24.7. The van der Waals surface area contributed by atoms with Crippen molar-refractivity contribution in [3.63, 3.8) is 0 Å². The van der Waals surface area contributed by atoms with Crippen LogP contribution in [0.5, 0.6) is 0 Å². The lowest BCUT2D eigenvalue weighted by Gasteiger charge is -2.24. The summed E-state index contributed by atoms with van der Waals surface area (Å²) in [5, 5.41) is 11.7. The van der Waals surface area contributed by atoms with Gasteiger partial charge in [0, 0.05) is 32.7 Å². The van der Waals surface area contributed by atoms with E-state index >= 15 is 0 Å². The van der Waals surface area contributed by atoms with Crippen molar-refractivity contribution in [3.05, 3.63) is 59.7 Å². The molecule has 2 aliphatic rings. The lowest BCUT2D eigenvalue weighted by molar-refractivity contribution is -0.139. The van der Waals surface area contributed by atoms with Crippen molar-refractivity contribution in [2.45, 2.75) is 37.7 Å². The number of amides is 2. The van der Waals surface area contributed by atoms with E-state index < -0.39 is 18.2 Å². The number of fused-ring (bicyclic) bond motifs is 3. The molecule has 0 saturated heterocycles. The third-order valence-corrected chi connectivity index (χ3v) is 6.68. The number of hydrogen-bond donors (Lipinski definition) is 2. The number of benzene rings is 2. The molecule has 2 aromatic carbocycles. The van der Waals surface area contributed by atoms with Gasteiger partial charge in [-0.15, -0.1) is 0 Å². The van der Waals surface area contributed by atoms with Crippen LogP contribution in [-0.2, 0) is 19.1 Å². The summed E-state index contributed by atoms with van der Waals surface area (Å²) < 4.78 is 11.0. The highest BCUT2D eigenvalue weighted by molar-refractivity contribution is 5.79. The largest absolute Gasteiger partial charge is 0.481 e. The first-order valence-corrected chi connectivity index (χ1v) is 12.1. The molecule has 1 saturated carbocycles. The number of alkyl carbamates (subject to hydrolysis) is 1. The van der Waals surface area contributed by atoms with Gasteiger partial charge in [-0.3, -0.25) is 9.59 Å². The van der Waals surface area contributed by atoms with Gasteiger partial charge in [-0.1, -0.05) is 48.5 Å². The molecule has 2 aromatic rings. The number of nitrogens with one attached hydrogen (secondary N) is 1. The molecule has 0 spiro atoms. The third kappa shape index (κ3) is 6.39. The zero-order valence-corrected chi connectivity index (χ0v) is 19.9. The van der Waals surface area contributed by atoms with Crippen LogP contribution in [0, 0.1) is 5.92 Å². The van der Waals surface area contributed by atoms with Crippen molar-refractivity contribution >= 4 is 18.0 Å². The molecule has 8 heteroatoms. The molecular formula is C27H32N2O6. The van der Waals surface area contributed by atoms with Gasteiger partial charge in [0.15, 0.2) is 0 Å². The summed E-state index contributed by atoms with van der Waals surface area (Å²) in [6.45, 7) is 1.08. The highest BCUT2D eigenvalue weighted by atomic mass is 16.5. The van der Waals surface area contributed by atoms with E-state index in [4.69, 9.17) is 14.6 Å². The molecule has 1 fully saturated rings. The van der Waals surface area contributed by atoms with E-state index in [2.05, 4.69) is 29.6 Å². The Labute approximate surface area is 205 Å². The maximum Gasteiger partial charge on any atom is 0.407 e. The van der Waals surface area contributed by atoms with Crippen molar-refractivity contribution < 1.29 is 29.0 Å². The van der Waals surface area contributed by atoms with Crippen LogP contribution in [-0.4, -0.2) is 67.4 Å². The fourth-order valence-corrected chi connectivity index (χ4v) is 4.57. The Morgan fingerprint density at radius 3 is 2.26 bits per heavy atom. The second-order valence-electron chi connectivity index (χ2n) is 9.20. The Hall–Kier alpha value is -3.39. The summed E-state index contributed by atoms with van der Waals surface area (Å²) >= 11 is 0. The summed E-state index contributed by atoms with van der Waals surface area (Å²) in [7, 11) is 1.49. The normalized spacial score (nSPS) is 15.1. The molecule has 0 aromatic heterocycles. The molecule has 0 aliphatic heterocycles. The Balaban J connectivity index is 1.27. The average molecular weight is 481 g/mol. The van der Waals surface area contributed by atoms with Gasteiger partial charge in [0.1, 0.15) is 6.61 Å². The standard InChI is InChI=1S/C27H32N2O6/c1-34-19(14-25(30)29(13-12-26(31)32)16-18-10-11-18)15-28-27(33)35-17-24-22-8-4-2-6-20(22)21-7-3-5-9-23(21)24/h2-9,18-19,24H,10-17H2,1H3,(H,28,33)(H,31,32). The summed E-state index contributed by atoms with van der Waals surface area (Å²) in [6, 6.07) is 16.3.